The Labute approximate surface area is 201 Å². The van der Waals surface area contributed by atoms with Gasteiger partial charge in [-0.1, -0.05) is 68.2 Å². The number of benzene rings is 2. The standard InChI is InChI=1S/C25H32Cl2N2O3/c1-6-17(4)28-25(31)18(5)29(14-19-11-12-21(26)22(27)13-19)24(30)15-32-23-10-8-7-9-20(23)16(2)3/h7-13,16-18H,6,14-15H2,1-5H3,(H,28,31)/t17-,18+/m0/s1. The second-order valence-electron chi connectivity index (χ2n) is 8.25. The van der Waals surface area contributed by atoms with Gasteiger partial charge in [-0.25, -0.2) is 0 Å². The highest BCUT2D eigenvalue weighted by molar-refractivity contribution is 6.42. The Morgan fingerprint density at radius 1 is 1.03 bits per heavy atom. The first-order valence-electron chi connectivity index (χ1n) is 10.9. The molecule has 0 spiro atoms. The third kappa shape index (κ3) is 7.14. The lowest BCUT2D eigenvalue weighted by atomic mass is 10.0. The van der Waals surface area contributed by atoms with E-state index < -0.39 is 6.04 Å². The van der Waals surface area contributed by atoms with E-state index in [0.29, 0.717) is 15.8 Å². The molecule has 0 heterocycles. The van der Waals surface area contributed by atoms with Crippen LogP contribution in [0.1, 0.15) is 58.1 Å². The number of halogens is 2. The number of carbonyl (C=O) groups is 2. The zero-order chi connectivity index (χ0) is 23.8. The number of rotatable bonds is 10. The molecule has 2 atom stereocenters. The molecule has 0 aliphatic heterocycles. The Hall–Kier alpha value is -2.24. The van der Waals surface area contributed by atoms with Crippen LogP contribution >= 0.6 is 23.2 Å². The average Bonchev–Trinajstić information content (AvgIpc) is 2.77. The van der Waals surface area contributed by atoms with Gasteiger partial charge in [-0.3, -0.25) is 9.59 Å². The van der Waals surface area contributed by atoms with E-state index >= 15 is 0 Å². The van der Waals surface area contributed by atoms with Crippen molar-refractivity contribution in [1.82, 2.24) is 10.2 Å². The lowest BCUT2D eigenvalue weighted by Gasteiger charge is -2.30. The molecule has 0 aliphatic rings. The molecule has 5 nitrogen and oxygen atoms in total. The van der Waals surface area contributed by atoms with Gasteiger partial charge in [-0.15, -0.1) is 0 Å². The molecule has 0 bridgehead atoms. The predicted molar refractivity (Wildman–Crippen MR) is 130 cm³/mol. The summed E-state index contributed by atoms with van der Waals surface area (Å²) < 4.78 is 5.88. The van der Waals surface area contributed by atoms with E-state index in [4.69, 9.17) is 27.9 Å². The Balaban J connectivity index is 2.23. The summed E-state index contributed by atoms with van der Waals surface area (Å²) in [7, 11) is 0. The van der Waals surface area contributed by atoms with Crippen molar-refractivity contribution in [3.05, 3.63) is 63.6 Å². The number of hydrogen-bond donors (Lipinski definition) is 1. The summed E-state index contributed by atoms with van der Waals surface area (Å²) >= 11 is 12.2. The summed E-state index contributed by atoms with van der Waals surface area (Å²) in [6.45, 7) is 9.82. The quantitative estimate of drug-likeness (QED) is 0.467. The van der Waals surface area contributed by atoms with Crippen LogP contribution in [0.25, 0.3) is 0 Å². The molecule has 2 aromatic rings. The van der Waals surface area contributed by atoms with Gasteiger partial charge in [0.25, 0.3) is 5.91 Å². The second kappa shape index (κ2) is 12.1. The summed E-state index contributed by atoms with van der Waals surface area (Å²) in [5.41, 5.74) is 1.80. The van der Waals surface area contributed by atoms with Crippen LogP contribution in [0.4, 0.5) is 0 Å². The summed E-state index contributed by atoms with van der Waals surface area (Å²) in [6.07, 6.45) is 0.800. The first-order valence-corrected chi connectivity index (χ1v) is 11.6. The van der Waals surface area contributed by atoms with Crippen LogP contribution in [-0.2, 0) is 16.1 Å². The van der Waals surface area contributed by atoms with Crippen molar-refractivity contribution in [2.24, 2.45) is 0 Å². The van der Waals surface area contributed by atoms with Crippen molar-refractivity contribution >= 4 is 35.0 Å². The molecule has 0 aromatic heterocycles. The largest absolute Gasteiger partial charge is 0.483 e. The van der Waals surface area contributed by atoms with Gasteiger partial charge in [0.15, 0.2) is 6.61 Å². The van der Waals surface area contributed by atoms with Crippen molar-refractivity contribution in [2.75, 3.05) is 6.61 Å². The molecule has 1 N–H and O–H groups in total. The molecular weight excluding hydrogens is 447 g/mol. The Morgan fingerprint density at radius 2 is 1.72 bits per heavy atom. The van der Waals surface area contributed by atoms with Crippen LogP contribution in [0, 0.1) is 0 Å². The fraction of sp³-hybridized carbons (Fsp3) is 0.440. The molecule has 2 amide bonds. The Morgan fingerprint density at radius 3 is 2.34 bits per heavy atom. The lowest BCUT2D eigenvalue weighted by Crippen LogP contribution is -2.50. The van der Waals surface area contributed by atoms with Crippen LogP contribution in [-0.4, -0.2) is 35.4 Å². The first kappa shape index (κ1) is 26.0. The van der Waals surface area contributed by atoms with Crippen molar-refractivity contribution in [3.63, 3.8) is 0 Å². The van der Waals surface area contributed by atoms with Gasteiger partial charge in [-0.2, -0.15) is 0 Å². The molecule has 0 fully saturated rings. The van der Waals surface area contributed by atoms with Gasteiger partial charge in [0.1, 0.15) is 11.8 Å². The van der Waals surface area contributed by atoms with Crippen LogP contribution < -0.4 is 10.1 Å². The third-order valence-corrected chi connectivity index (χ3v) is 6.14. The minimum Gasteiger partial charge on any atom is -0.483 e. The number of hydrogen-bond acceptors (Lipinski definition) is 3. The maximum Gasteiger partial charge on any atom is 0.261 e. The Bertz CT molecular complexity index is 933. The lowest BCUT2D eigenvalue weighted by molar-refractivity contribution is -0.142. The van der Waals surface area contributed by atoms with Gasteiger partial charge in [0.05, 0.1) is 10.0 Å². The van der Waals surface area contributed by atoms with Gasteiger partial charge in [0.2, 0.25) is 5.91 Å². The van der Waals surface area contributed by atoms with E-state index in [1.165, 1.54) is 4.90 Å². The van der Waals surface area contributed by atoms with E-state index in [2.05, 4.69) is 19.2 Å². The molecular formula is C25H32Cl2N2O3. The number of nitrogens with one attached hydrogen (secondary N) is 1. The normalized spacial score (nSPS) is 12.9. The van der Waals surface area contributed by atoms with E-state index in [-0.39, 0.29) is 36.9 Å². The fourth-order valence-corrected chi connectivity index (χ4v) is 3.51. The van der Waals surface area contributed by atoms with E-state index in [9.17, 15) is 9.59 Å². The maximum absolute atomic E-state index is 13.2. The molecule has 174 valence electrons. The summed E-state index contributed by atoms with van der Waals surface area (Å²) in [5.74, 6) is 0.424. The van der Waals surface area contributed by atoms with Crippen LogP contribution in [0.2, 0.25) is 10.0 Å². The van der Waals surface area contributed by atoms with Crippen LogP contribution in [0.15, 0.2) is 42.5 Å². The number of amides is 2. The molecule has 32 heavy (non-hydrogen) atoms. The number of nitrogens with zero attached hydrogens (tertiary/aromatic N) is 1. The zero-order valence-electron chi connectivity index (χ0n) is 19.3. The predicted octanol–water partition coefficient (Wildman–Crippen LogP) is 5.83. The molecule has 0 saturated heterocycles. The molecule has 2 aromatic carbocycles. The van der Waals surface area contributed by atoms with Crippen LogP contribution in [0.3, 0.4) is 0 Å². The van der Waals surface area contributed by atoms with Gasteiger partial charge in [-0.05, 0) is 55.5 Å². The fourth-order valence-electron chi connectivity index (χ4n) is 3.19. The average molecular weight is 479 g/mol. The molecule has 0 radical (unpaired) electrons. The SMILES string of the molecule is CC[C@H](C)NC(=O)[C@@H](C)N(Cc1ccc(Cl)c(Cl)c1)C(=O)COc1ccccc1C(C)C. The minimum absolute atomic E-state index is 0.0149. The number of para-hydroxylation sites is 1. The highest BCUT2D eigenvalue weighted by Crippen LogP contribution is 2.26. The number of carbonyl (C=O) groups excluding carboxylic acids is 2. The highest BCUT2D eigenvalue weighted by Gasteiger charge is 2.27. The molecule has 0 saturated carbocycles. The molecule has 0 unspecified atom stereocenters. The van der Waals surface area contributed by atoms with Crippen molar-refractivity contribution < 1.29 is 14.3 Å². The van der Waals surface area contributed by atoms with Crippen molar-refractivity contribution in [2.45, 2.75) is 65.6 Å². The Kier molecular flexibility index (Phi) is 9.85. The van der Waals surface area contributed by atoms with E-state index in [0.717, 1.165) is 17.5 Å². The van der Waals surface area contributed by atoms with Gasteiger partial charge >= 0.3 is 0 Å². The van der Waals surface area contributed by atoms with E-state index in [1.807, 2.05) is 38.1 Å². The summed E-state index contributed by atoms with van der Waals surface area (Å²) in [6, 6.07) is 12.2. The smallest absolute Gasteiger partial charge is 0.261 e. The third-order valence-electron chi connectivity index (χ3n) is 5.40. The van der Waals surface area contributed by atoms with E-state index in [1.54, 1.807) is 25.1 Å². The van der Waals surface area contributed by atoms with Crippen molar-refractivity contribution in [3.8, 4) is 5.75 Å². The van der Waals surface area contributed by atoms with Crippen molar-refractivity contribution in [1.29, 1.82) is 0 Å². The topological polar surface area (TPSA) is 58.6 Å². The maximum atomic E-state index is 13.2. The zero-order valence-corrected chi connectivity index (χ0v) is 20.8. The molecule has 0 aliphatic carbocycles. The van der Waals surface area contributed by atoms with Gasteiger partial charge < -0.3 is 15.0 Å². The highest BCUT2D eigenvalue weighted by atomic mass is 35.5. The summed E-state index contributed by atoms with van der Waals surface area (Å²) in [5, 5.41) is 3.78. The number of ether oxygens (including phenoxy) is 1. The second-order valence-corrected chi connectivity index (χ2v) is 9.06. The van der Waals surface area contributed by atoms with Gasteiger partial charge in [0, 0.05) is 12.6 Å². The molecule has 7 heteroatoms. The summed E-state index contributed by atoms with van der Waals surface area (Å²) in [4.78, 5) is 27.5. The molecule has 2 rings (SSSR count). The van der Waals surface area contributed by atoms with Crippen LogP contribution in [0.5, 0.6) is 5.75 Å². The minimum atomic E-state index is -0.685. The monoisotopic (exact) mass is 478 g/mol. The first-order chi connectivity index (χ1) is 15.1.